The van der Waals surface area contributed by atoms with Crippen LogP contribution in [0.5, 0.6) is 5.75 Å². The second-order valence-electron chi connectivity index (χ2n) is 5.43. The van der Waals surface area contributed by atoms with Crippen molar-refractivity contribution in [3.05, 3.63) is 52.3 Å². The summed E-state index contributed by atoms with van der Waals surface area (Å²) < 4.78 is 7.21. The first-order valence-electron chi connectivity index (χ1n) is 7.52. The van der Waals surface area contributed by atoms with Gasteiger partial charge in [0.25, 0.3) is 5.56 Å². The van der Waals surface area contributed by atoms with E-state index in [1.807, 2.05) is 44.2 Å². The van der Waals surface area contributed by atoms with Gasteiger partial charge in [0, 0.05) is 6.04 Å². The van der Waals surface area contributed by atoms with Crippen molar-refractivity contribution >= 4 is 6.29 Å². The molecule has 4 nitrogen and oxygen atoms in total. The molecule has 116 valence electrons. The minimum atomic E-state index is -0.256. The topological polar surface area (TPSA) is 48.3 Å². The highest BCUT2D eigenvalue weighted by atomic mass is 16.5. The number of aromatic nitrogens is 1. The summed E-state index contributed by atoms with van der Waals surface area (Å²) in [6.07, 6.45) is 1.56. The highest BCUT2D eigenvalue weighted by molar-refractivity contribution is 5.75. The second-order valence-corrected chi connectivity index (χ2v) is 5.43. The van der Waals surface area contributed by atoms with Crippen LogP contribution in [0.1, 0.15) is 43.6 Å². The first kappa shape index (κ1) is 16.0. The molecule has 0 aliphatic rings. The molecule has 22 heavy (non-hydrogen) atoms. The van der Waals surface area contributed by atoms with Gasteiger partial charge in [0.1, 0.15) is 5.75 Å². The number of nitrogens with zero attached hydrogens (tertiary/aromatic N) is 1. The first-order valence-corrected chi connectivity index (χ1v) is 7.52. The van der Waals surface area contributed by atoms with Crippen molar-refractivity contribution in [3.63, 3.8) is 0 Å². The summed E-state index contributed by atoms with van der Waals surface area (Å²) in [5.41, 5.74) is 1.65. The van der Waals surface area contributed by atoms with E-state index in [1.54, 1.807) is 10.6 Å². The Bertz CT molecular complexity index is 699. The van der Waals surface area contributed by atoms with Crippen LogP contribution in [0.3, 0.4) is 0 Å². The maximum absolute atomic E-state index is 12.4. The maximum atomic E-state index is 12.4. The summed E-state index contributed by atoms with van der Waals surface area (Å²) in [6, 6.07) is 11.0. The number of hydrogen-bond acceptors (Lipinski definition) is 3. The fourth-order valence-corrected chi connectivity index (χ4v) is 2.35. The Labute approximate surface area is 130 Å². The minimum absolute atomic E-state index is 0.0292. The second kappa shape index (κ2) is 7.07. The number of carbonyl (C=O) groups excluding carboxylic acids is 1. The zero-order chi connectivity index (χ0) is 16.1. The van der Waals surface area contributed by atoms with Crippen molar-refractivity contribution in [3.8, 4) is 17.0 Å². The smallest absolute Gasteiger partial charge is 0.261 e. The van der Waals surface area contributed by atoms with Gasteiger partial charge in [0.05, 0.1) is 17.9 Å². The molecule has 0 saturated carbocycles. The number of hydrogen-bond donors (Lipinski definition) is 0. The van der Waals surface area contributed by atoms with E-state index < -0.39 is 0 Å². The molecule has 0 N–H and O–H groups in total. The van der Waals surface area contributed by atoms with E-state index in [1.165, 1.54) is 0 Å². The lowest BCUT2D eigenvalue weighted by molar-refractivity contribution is 0.112. The van der Waals surface area contributed by atoms with Crippen molar-refractivity contribution in [2.75, 3.05) is 6.61 Å². The zero-order valence-corrected chi connectivity index (χ0v) is 13.2. The molecule has 0 fully saturated rings. The van der Waals surface area contributed by atoms with Gasteiger partial charge in [-0.1, -0.05) is 6.92 Å². The molecule has 1 aromatic carbocycles. The molecule has 1 aromatic heterocycles. The lowest BCUT2D eigenvalue weighted by Crippen LogP contribution is -2.26. The Kier molecular flexibility index (Phi) is 5.15. The third-order valence-corrected chi connectivity index (χ3v) is 3.41. The van der Waals surface area contributed by atoms with Crippen LogP contribution in [0, 0.1) is 0 Å². The normalized spacial score (nSPS) is 10.7. The largest absolute Gasteiger partial charge is 0.494 e. The first-order chi connectivity index (χ1) is 10.6. The molecule has 0 amide bonds. The Morgan fingerprint density at radius 3 is 2.36 bits per heavy atom. The number of aldehydes is 1. The molecule has 1 heterocycles. The van der Waals surface area contributed by atoms with Gasteiger partial charge in [-0.25, -0.2) is 0 Å². The van der Waals surface area contributed by atoms with Crippen LogP contribution in [-0.2, 0) is 0 Å². The molecular weight excluding hydrogens is 278 g/mol. The summed E-state index contributed by atoms with van der Waals surface area (Å²) in [5.74, 6) is 0.813. The van der Waals surface area contributed by atoms with E-state index >= 15 is 0 Å². The Morgan fingerprint density at radius 2 is 1.82 bits per heavy atom. The summed E-state index contributed by atoms with van der Waals surface area (Å²) >= 11 is 0. The van der Waals surface area contributed by atoms with E-state index in [0.29, 0.717) is 12.9 Å². The molecule has 2 aromatic rings. The van der Waals surface area contributed by atoms with Gasteiger partial charge in [-0.15, -0.1) is 0 Å². The lowest BCUT2D eigenvalue weighted by Gasteiger charge is -2.17. The van der Waals surface area contributed by atoms with Gasteiger partial charge in [-0.2, -0.15) is 0 Å². The molecule has 0 bridgehead atoms. The summed E-state index contributed by atoms with van der Waals surface area (Å²) in [7, 11) is 0. The zero-order valence-electron chi connectivity index (χ0n) is 13.2. The molecule has 0 saturated heterocycles. The minimum Gasteiger partial charge on any atom is -0.494 e. The average Bonchev–Trinajstić information content (AvgIpc) is 2.52. The Hall–Kier alpha value is -2.36. The number of pyridine rings is 1. The van der Waals surface area contributed by atoms with Crippen molar-refractivity contribution < 1.29 is 9.53 Å². The molecule has 0 spiro atoms. The highest BCUT2D eigenvalue weighted by Gasteiger charge is 2.12. The SMILES string of the molecule is CCCOc1ccc(-c2ccc(C=O)c(=O)n2C(C)C)cc1. The van der Waals surface area contributed by atoms with E-state index in [4.69, 9.17) is 4.74 Å². The van der Waals surface area contributed by atoms with Gasteiger partial charge < -0.3 is 9.30 Å². The van der Waals surface area contributed by atoms with Crippen molar-refractivity contribution in [1.82, 2.24) is 4.57 Å². The van der Waals surface area contributed by atoms with Crippen LogP contribution < -0.4 is 10.3 Å². The molecule has 0 aliphatic heterocycles. The molecule has 0 atom stereocenters. The van der Waals surface area contributed by atoms with Crippen molar-refractivity contribution in [1.29, 1.82) is 0 Å². The van der Waals surface area contributed by atoms with Crippen LogP contribution in [0.15, 0.2) is 41.2 Å². The predicted molar refractivity (Wildman–Crippen MR) is 87.7 cm³/mol. The number of ether oxygens (including phenoxy) is 1. The number of rotatable bonds is 6. The molecule has 0 radical (unpaired) electrons. The lowest BCUT2D eigenvalue weighted by atomic mass is 10.1. The van der Waals surface area contributed by atoms with E-state index in [9.17, 15) is 9.59 Å². The average molecular weight is 299 g/mol. The summed E-state index contributed by atoms with van der Waals surface area (Å²) in [6.45, 7) is 6.60. The van der Waals surface area contributed by atoms with Crippen LogP contribution in [0.4, 0.5) is 0 Å². The highest BCUT2D eigenvalue weighted by Crippen LogP contribution is 2.24. The summed E-state index contributed by atoms with van der Waals surface area (Å²) in [5, 5.41) is 0. The van der Waals surface area contributed by atoms with Gasteiger partial charge in [0.2, 0.25) is 0 Å². The fraction of sp³-hybridized carbons (Fsp3) is 0.333. The van der Waals surface area contributed by atoms with Gasteiger partial charge in [-0.3, -0.25) is 9.59 Å². The quantitative estimate of drug-likeness (QED) is 0.764. The molecule has 0 aliphatic carbocycles. The van der Waals surface area contributed by atoms with Crippen molar-refractivity contribution in [2.24, 2.45) is 0 Å². The van der Waals surface area contributed by atoms with Gasteiger partial charge in [0.15, 0.2) is 6.29 Å². The third kappa shape index (κ3) is 3.27. The molecule has 0 unspecified atom stereocenters. The van der Waals surface area contributed by atoms with Crippen LogP contribution in [0.2, 0.25) is 0 Å². The third-order valence-electron chi connectivity index (χ3n) is 3.41. The van der Waals surface area contributed by atoms with Gasteiger partial charge in [-0.05, 0) is 62.2 Å². The van der Waals surface area contributed by atoms with E-state index in [-0.39, 0.29) is 17.2 Å². The van der Waals surface area contributed by atoms with Gasteiger partial charge >= 0.3 is 0 Å². The van der Waals surface area contributed by atoms with E-state index in [0.717, 1.165) is 23.4 Å². The monoisotopic (exact) mass is 299 g/mol. The molecule has 4 heteroatoms. The maximum Gasteiger partial charge on any atom is 0.261 e. The van der Waals surface area contributed by atoms with Crippen LogP contribution >= 0.6 is 0 Å². The van der Waals surface area contributed by atoms with Crippen molar-refractivity contribution in [2.45, 2.75) is 33.2 Å². The standard InChI is InChI=1S/C18H21NO3/c1-4-11-22-16-8-5-14(6-9-16)17-10-7-15(12-20)18(21)19(17)13(2)3/h5-10,12-13H,4,11H2,1-3H3. The number of carbonyl (C=O) groups is 1. The van der Waals surface area contributed by atoms with Crippen LogP contribution in [-0.4, -0.2) is 17.5 Å². The van der Waals surface area contributed by atoms with Crippen LogP contribution in [0.25, 0.3) is 11.3 Å². The summed E-state index contributed by atoms with van der Waals surface area (Å²) in [4.78, 5) is 23.3. The molecule has 2 rings (SSSR count). The Morgan fingerprint density at radius 1 is 1.14 bits per heavy atom. The number of benzene rings is 1. The molecular formula is C18H21NO3. The Balaban J connectivity index is 2.46. The predicted octanol–water partition coefficient (Wildman–Crippen LogP) is 3.70. The fourth-order valence-electron chi connectivity index (χ4n) is 2.35. The van der Waals surface area contributed by atoms with E-state index in [2.05, 4.69) is 6.92 Å².